The number of quaternary nitrogens is 1. The first-order valence-electron chi connectivity index (χ1n) is 29.2. The van der Waals surface area contributed by atoms with Crippen molar-refractivity contribution < 1.29 is 56.3 Å². The minimum absolute atomic E-state index is 0.170. The zero-order chi connectivity index (χ0) is 52.4. The van der Waals surface area contributed by atoms with E-state index in [0.29, 0.717) is 17.3 Å². The molecule has 0 fully saturated rings. The minimum atomic E-state index is -4.77. The van der Waals surface area contributed by atoms with E-state index >= 15 is 0 Å². The van der Waals surface area contributed by atoms with Gasteiger partial charge in [0.25, 0.3) is 0 Å². The van der Waals surface area contributed by atoms with Gasteiger partial charge >= 0.3 is 25.9 Å². The van der Waals surface area contributed by atoms with Gasteiger partial charge in [0.2, 0.25) is 0 Å². The van der Waals surface area contributed by atoms with Gasteiger partial charge in [0, 0.05) is 12.8 Å². The van der Waals surface area contributed by atoms with Crippen molar-refractivity contribution in [3.05, 3.63) is 24.3 Å². The third kappa shape index (κ3) is 52.4. The Bertz CT molecular complexity index is 1340. The molecule has 0 bridgehead atoms. The van der Waals surface area contributed by atoms with Gasteiger partial charge in [-0.1, -0.05) is 206 Å². The van der Waals surface area contributed by atoms with Crippen molar-refractivity contribution in [1.82, 2.24) is 0 Å². The summed E-state index contributed by atoms with van der Waals surface area (Å²) in [5, 5.41) is 0. The maximum atomic E-state index is 13.3. The second-order valence-electron chi connectivity index (χ2n) is 21.0. The van der Waals surface area contributed by atoms with Crippen molar-refractivity contribution in [2.24, 2.45) is 0 Å². The highest BCUT2D eigenvalue weighted by Crippen LogP contribution is 2.45. The summed E-state index contributed by atoms with van der Waals surface area (Å²) >= 11 is 0. The van der Waals surface area contributed by atoms with Crippen LogP contribution in [0.3, 0.4) is 0 Å². The van der Waals surface area contributed by atoms with Crippen molar-refractivity contribution in [1.29, 1.82) is 0 Å². The summed E-state index contributed by atoms with van der Waals surface area (Å²) in [7, 11) is 0.855. The highest BCUT2D eigenvalue weighted by atomic mass is 31.2. The summed E-state index contributed by atoms with van der Waals surface area (Å²) in [4.78, 5) is 49.1. The van der Waals surface area contributed by atoms with E-state index in [9.17, 15) is 23.8 Å². The topological polar surface area (TPSA) is 144 Å². The van der Waals surface area contributed by atoms with Crippen LogP contribution >= 0.6 is 7.82 Å². The molecule has 3 atom stereocenters. The van der Waals surface area contributed by atoms with Crippen LogP contribution in [0.4, 0.5) is 4.79 Å². The first-order valence-corrected chi connectivity index (χ1v) is 30.7. The van der Waals surface area contributed by atoms with E-state index < -0.39 is 44.7 Å². The van der Waals surface area contributed by atoms with Crippen LogP contribution in [-0.2, 0) is 42.1 Å². The van der Waals surface area contributed by atoms with Gasteiger partial charge in [0.1, 0.15) is 19.8 Å². The molecular weight excluding hydrogens is 918 g/mol. The lowest BCUT2D eigenvalue weighted by atomic mass is 10.1. The molecule has 0 aliphatic heterocycles. The number of phosphoric ester groups is 1. The molecule has 71 heavy (non-hydrogen) atoms. The lowest BCUT2D eigenvalue weighted by Gasteiger charge is -2.29. The molecule has 0 rings (SSSR count). The molecule has 13 heteroatoms. The Morgan fingerprint density at radius 1 is 0.451 bits per heavy atom. The summed E-state index contributed by atoms with van der Waals surface area (Å²) in [6, 6.07) is 0. The second kappa shape index (κ2) is 49.9. The van der Waals surface area contributed by atoms with Crippen LogP contribution in [-0.4, -0.2) is 93.8 Å². The van der Waals surface area contributed by atoms with Gasteiger partial charge < -0.3 is 28.3 Å². The summed E-state index contributed by atoms with van der Waals surface area (Å²) in [6.45, 7) is 5.97. The number of carbonyl (C=O) groups is 3. The van der Waals surface area contributed by atoms with Gasteiger partial charge in [-0.05, 0) is 70.6 Å². The minimum Gasteiger partial charge on any atom is -0.462 e. The molecule has 0 saturated heterocycles. The molecule has 418 valence electrons. The van der Waals surface area contributed by atoms with Crippen molar-refractivity contribution in [3.63, 3.8) is 0 Å². The highest BCUT2D eigenvalue weighted by Gasteiger charge is 2.33. The molecule has 1 N–H and O–H groups in total. The SMILES string of the molecule is CCCCCCCC/C=C\CCCCCCCC(=O)OC[C@H](COP(=O)(O)OC(COC(=O)OCCCCCCCCCCCC)C[N+](C)(C)C)OC(=O)CCCCCCC/C=C\CCCCCCCC. The fourth-order valence-electron chi connectivity index (χ4n) is 8.37. The van der Waals surface area contributed by atoms with Crippen molar-refractivity contribution in [2.75, 3.05) is 54.1 Å². The summed E-state index contributed by atoms with van der Waals surface area (Å²) in [5.74, 6) is -0.921. The van der Waals surface area contributed by atoms with Gasteiger partial charge in [0.15, 0.2) is 12.2 Å². The monoisotopic (exact) mass is 1030 g/mol. The van der Waals surface area contributed by atoms with E-state index in [4.69, 9.17) is 28.0 Å². The average Bonchev–Trinajstić information content (AvgIpc) is 3.32. The maximum absolute atomic E-state index is 13.3. The molecule has 0 aromatic heterocycles. The van der Waals surface area contributed by atoms with Crippen LogP contribution in [0, 0.1) is 0 Å². The van der Waals surface area contributed by atoms with E-state index in [1.807, 2.05) is 21.1 Å². The van der Waals surface area contributed by atoms with Crippen LogP contribution in [0.25, 0.3) is 0 Å². The van der Waals surface area contributed by atoms with Crippen LogP contribution in [0.2, 0.25) is 0 Å². The Balaban J connectivity index is 5.00. The molecule has 0 aliphatic rings. The van der Waals surface area contributed by atoms with Crippen LogP contribution in [0.1, 0.15) is 265 Å². The standard InChI is InChI=1S/C58H110NO11P/c1-7-10-13-16-19-22-25-27-29-31-33-35-38-41-44-47-56(60)66-52-55(69-57(61)48-45-42-39-36-34-32-30-28-26-23-20-17-14-11-8-2)53-68-71(63,64)70-54(50-59(4,5)6)51-67-58(62)65-49-46-43-40-37-24-21-18-15-12-9-3/h27-30,54-55H,7-26,31-53H2,1-6H3/p+1/b29-27-,30-28-/t54?,55-/m1/s1. The number of allylic oxidation sites excluding steroid dienone is 4. The van der Waals surface area contributed by atoms with E-state index in [-0.39, 0.29) is 39.2 Å². The lowest BCUT2D eigenvalue weighted by Crippen LogP contribution is -2.44. The quantitative estimate of drug-likeness (QED) is 0.0155. The van der Waals surface area contributed by atoms with E-state index in [1.165, 1.54) is 122 Å². The smallest absolute Gasteiger partial charge is 0.462 e. The van der Waals surface area contributed by atoms with Gasteiger partial charge in [-0.15, -0.1) is 0 Å². The van der Waals surface area contributed by atoms with Crippen LogP contribution in [0.15, 0.2) is 24.3 Å². The predicted molar refractivity (Wildman–Crippen MR) is 292 cm³/mol. The molecule has 0 aliphatic carbocycles. The first-order chi connectivity index (χ1) is 34.3. The first kappa shape index (κ1) is 68.8. The van der Waals surface area contributed by atoms with Crippen LogP contribution < -0.4 is 0 Å². The predicted octanol–water partition coefficient (Wildman–Crippen LogP) is 16.8. The van der Waals surface area contributed by atoms with Gasteiger partial charge in [-0.2, -0.15) is 0 Å². The van der Waals surface area contributed by atoms with E-state index in [0.717, 1.165) is 96.3 Å². The summed E-state index contributed by atoms with van der Waals surface area (Å²) < 4.78 is 46.4. The number of unbranched alkanes of at least 4 members (excludes halogenated alkanes) is 31. The zero-order valence-corrected chi connectivity index (χ0v) is 47.7. The molecule has 0 amide bonds. The number of ether oxygens (including phenoxy) is 4. The fraction of sp³-hybridized carbons (Fsp3) is 0.879. The molecule has 0 aromatic carbocycles. The lowest BCUT2D eigenvalue weighted by molar-refractivity contribution is -0.873. The number of nitrogens with zero attached hydrogens (tertiary/aromatic N) is 1. The van der Waals surface area contributed by atoms with E-state index in [2.05, 4.69) is 45.1 Å². The number of hydrogen-bond donors (Lipinski definition) is 1. The largest absolute Gasteiger partial charge is 0.508 e. The van der Waals surface area contributed by atoms with Gasteiger partial charge in [-0.3, -0.25) is 18.6 Å². The number of esters is 2. The van der Waals surface area contributed by atoms with Crippen molar-refractivity contribution >= 4 is 25.9 Å². The number of carbonyl (C=O) groups excluding carboxylic acids is 3. The Morgan fingerprint density at radius 2 is 0.817 bits per heavy atom. The van der Waals surface area contributed by atoms with Gasteiger partial charge in [0.05, 0.1) is 34.4 Å². The Hall–Kier alpha value is -2.24. The molecule has 0 radical (unpaired) electrons. The van der Waals surface area contributed by atoms with Crippen LogP contribution in [0.5, 0.6) is 0 Å². The molecule has 0 aromatic rings. The number of rotatable bonds is 53. The van der Waals surface area contributed by atoms with Crippen molar-refractivity contribution in [3.8, 4) is 0 Å². The molecule has 0 saturated carbocycles. The van der Waals surface area contributed by atoms with E-state index in [1.54, 1.807) is 0 Å². The van der Waals surface area contributed by atoms with Gasteiger partial charge in [-0.25, -0.2) is 9.36 Å². The summed E-state index contributed by atoms with van der Waals surface area (Å²) in [5.41, 5.74) is 0. The average molecular weight is 1030 g/mol. The zero-order valence-electron chi connectivity index (χ0n) is 46.8. The third-order valence-corrected chi connectivity index (χ3v) is 13.6. The normalized spacial score (nSPS) is 13.7. The Morgan fingerprint density at radius 3 is 1.24 bits per heavy atom. The molecule has 0 heterocycles. The number of phosphoric acid groups is 1. The third-order valence-electron chi connectivity index (χ3n) is 12.6. The summed E-state index contributed by atoms with van der Waals surface area (Å²) in [6.07, 6.45) is 48.1. The molecule has 12 nitrogen and oxygen atoms in total. The highest BCUT2D eigenvalue weighted by molar-refractivity contribution is 7.47. The molecular formula is C58H111NO11P+. The molecule has 0 spiro atoms. The maximum Gasteiger partial charge on any atom is 0.508 e. The van der Waals surface area contributed by atoms with Crippen molar-refractivity contribution in [2.45, 2.75) is 277 Å². The number of hydrogen-bond acceptors (Lipinski definition) is 10. The fourth-order valence-corrected chi connectivity index (χ4v) is 9.29. The molecule has 2 unspecified atom stereocenters. The Kier molecular flexibility index (Phi) is 48.4. The number of likely N-dealkylation sites (N-methyl/N-ethyl adjacent to an activating group) is 1. The Labute approximate surface area is 436 Å². The second-order valence-corrected chi connectivity index (χ2v) is 22.4.